The van der Waals surface area contributed by atoms with Crippen molar-refractivity contribution in [3.8, 4) is 0 Å². The van der Waals surface area contributed by atoms with E-state index in [1.54, 1.807) is 0 Å². The standard InChI is InChI=1S/C15H23NO3/c1-3-4-5-12-6-8-13(9-7-12)15(19)14(18)10-16-11(2)17/h6-9,14-15,18-19H,3-5,10H2,1-2H3,(H,16,17). The number of carbonyl (C=O) groups excluding carboxylic acids is 1. The molecule has 0 saturated carbocycles. The molecule has 106 valence electrons. The van der Waals surface area contributed by atoms with Gasteiger partial charge in [-0.05, 0) is 24.0 Å². The number of aliphatic hydroxyl groups is 2. The number of rotatable bonds is 7. The second kappa shape index (κ2) is 7.92. The molecule has 0 bridgehead atoms. The highest BCUT2D eigenvalue weighted by atomic mass is 16.3. The summed E-state index contributed by atoms with van der Waals surface area (Å²) in [4.78, 5) is 10.7. The first-order valence-corrected chi connectivity index (χ1v) is 6.74. The molecule has 4 nitrogen and oxygen atoms in total. The van der Waals surface area contributed by atoms with Crippen LogP contribution in [0.15, 0.2) is 24.3 Å². The van der Waals surface area contributed by atoms with E-state index in [-0.39, 0.29) is 12.5 Å². The molecule has 2 atom stereocenters. The summed E-state index contributed by atoms with van der Waals surface area (Å²) in [5.74, 6) is -0.221. The normalized spacial score (nSPS) is 13.9. The molecule has 0 fully saturated rings. The summed E-state index contributed by atoms with van der Waals surface area (Å²) in [7, 11) is 0. The van der Waals surface area contributed by atoms with Crippen LogP contribution in [-0.2, 0) is 11.2 Å². The van der Waals surface area contributed by atoms with Crippen LogP contribution in [0.4, 0.5) is 0 Å². The minimum absolute atomic E-state index is 0.0497. The highest BCUT2D eigenvalue weighted by Gasteiger charge is 2.18. The van der Waals surface area contributed by atoms with Gasteiger partial charge >= 0.3 is 0 Å². The van der Waals surface area contributed by atoms with E-state index in [4.69, 9.17) is 0 Å². The van der Waals surface area contributed by atoms with Crippen LogP contribution in [0, 0.1) is 0 Å². The molecule has 1 aromatic rings. The molecule has 4 heteroatoms. The minimum atomic E-state index is -0.995. The molecule has 0 aliphatic heterocycles. The summed E-state index contributed by atoms with van der Waals surface area (Å²) >= 11 is 0. The van der Waals surface area contributed by atoms with Crippen molar-refractivity contribution >= 4 is 5.91 Å². The topological polar surface area (TPSA) is 69.6 Å². The molecule has 2 unspecified atom stereocenters. The molecule has 1 amide bonds. The Hall–Kier alpha value is -1.39. The van der Waals surface area contributed by atoms with Crippen LogP contribution >= 0.6 is 0 Å². The van der Waals surface area contributed by atoms with Crippen molar-refractivity contribution in [3.63, 3.8) is 0 Å². The van der Waals surface area contributed by atoms with E-state index in [9.17, 15) is 15.0 Å². The maximum atomic E-state index is 10.7. The molecule has 0 spiro atoms. The summed E-state index contributed by atoms with van der Waals surface area (Å²) in [5, 5.41) is 22.2. The lowest BCUT2D eigenvalue weighted by atomic mass is 10.0. The zero-order valence-corrected chi connectivity index (χ0v) is 11.6. The highest BCUT2D eigenvalue weighted by Crippen LogP contribution is 2.18. The number of carbonyl (C=O) groups is 1. The van der Waals surface area contributed by atoms with E-state index in [1.807, 2.05) is 24.3 Å². The van der Waals surface area contributed by atoms with Gasteiger partial charge in [-0.3, -0.25) is 4.79 Å². The van der Waals surface area contributed by atoms with Crippen molar-refractivity contribution in [1.82, 2.24) is 5.32 Å². The van der Waals surface area contributed by atoms with E-state index in [0.29, 0.717) is 5.56 Å². The predicted octanol–water partition coefficient (Wildman–Crippen LogP) is 1.56. The number of aryl methyl sites for hydroxylation is 1. The maximum absolute atomic E-state index is 10.7. The molecule has 0 aromatic heterocycles. The largest absolute Gasteiger partial charge is 0.388 e. The zero-order valence-electron chi connectivity index (χ0n) is 11.6. The van der Waals surface area contributed by atoms with E-state index < -0.39 is 12.2 Å². The van der Waals surface area contributed by atoms with E-state index in [2.05, 4.69) is 12.2 Å². The third kappa shape index (κ3) is 5.41. The van der Waals surface area contributed by atoms with Gasteiger partial charge in [0.25, 0.3) is 0 Å². The fraction of sp³-hybridized carbons (Fsp3) is 0.533. The summed E-state index contributed by atoms with van der Waals surface area (Å²) in [6.07, 6.45) is 1.35. The average molecular weight is 265 g/mol. The lowest BCUT2D eigenvalue weighted by molar-refractivity contribution is -0.119. The average Bonchev–Trinajstić information content (AvgIpc) is 2.42. The maximum Gasteiger partial charge on any atom is 0.216 e. The minimum Gasteiger partial charge on any atom is -0.388 e. The first-order chi connectivity index (χ1) is 9.04. The number of hydrogen-bond acceptors (Lipinski definition) is 3. The number of nitrogens with one attached hydrogen (secondary N) is 1. The Balaban J connectivity index is 2.56. The molecule has 0 heterocycles. The fourth-order valence-corrected chi connectivity index (χ4v) is 1.84. The Morgan fingerprint density at radius 1 is 1.26 bits per heavy atom. The van der Waals surface area contributed by atoms with Crippen molar-refractivity contribution in [1.29, 1.82) is 0 Å². The molecule has 0 aliphatic carbocycles. The van der Waals surface area contributed by atoms with Crippen molar-refractivity contribution in [2.75, 3.05) is 6.54 Å². The zero-order chi connectivity index (χ0) is 14.3. The summed E-state index contributed by atoms with van der Waals surface area (Å²) in [6, 6.07) is 7.60. The van der Waals surface area contributed by atoms with E-state index >= 15 is 0 Å². The van der Waals surface area contributed by atoms with Gasteiger partial charge in [0.1, 0.15) is 12.2 Å². The van der Waals surface area contributed by atoms with Crippen molar-refractivity contribution in [2.45, 2.75) is 45.3 Å². The molecule has 0 radical (unpaired) electrons. The van der Waals surface area contributed by atoms with Crippen molar-refractivity contribution in [3.05, 3.63) is 35.4 Å². The predicted molar refractivity (Wildman–Crippen MR) is 74.7 cm³/mol. The number of benzene rings is 1. The van der Waals surface area contributed by atoms with Gasteiger partial charge in [0.05, 0.1) is 0 Å². The smallest absolute Gasteiger partial charge is 0.216 e. The molecular weight excluding hydrogens is 242 g/mol. The fourth-order valence-electron chi connectivity index (χ4n) is 1.84. The van der Waals surface area contributed by atoms with Gasteiger partial charge in [0.2, 0.25) is 5.91 Å². The van der Waals surface area contributed by atoms with Gasteiger partial charge in [-0.2, -0.15) is 0 Å². The van der Waals surface area contributed by atoms with Crippen LogP contribution in [0.1, 0.15) is 43.9 Å². The lowest BCUT2D eigenvalue weighted by Crippen LogP contribution is -2.34. The van der Waals surface area contributed by atoms with Gasteiger partial charge < -0.3 is 15.5 Å². The Morgan fingerprint density at radius 3 is 2.42 bits per heavy atom. The van der Waals surface area contributed by atoms with Gasteiger partial charge in [-0.25, -0.2) is 0 Å². The summed E-state index contributed by atoms with van der Waals surface area (Å²) < 4.78 is 0. The molecule has 0 saturated heterocycles. The number of hydrogen-bond donors (Lipinski definition) is 3. The third-order valence-electron chi connectivity index (χ3n) is 3.06. The van der Waals surface area contributed by atoms with E-state index in [1.165, 1.54) is 12.5 Å². The monoisotopic (exact) mass is 265 g/mol. The molecule has 3 N–H and O–H groups in total. The van der Waals surface area contributed by atoms with Crippen LogP contribution < -0.4 is 5.32 Å². The Morgan fingerprint density at radius 2 is 1.89 bits per heavy atom. The quantitative estimate of drug-likeness (QED) is 0.700. The van der Waals surface area contributed by atoms with Crippen molar-refractivity contribution < 1.29 is 15.0 Å². The first kappa shape index (κ1) is 15.7. The first-order valence-electron chi connectivity index (χ1n) is 6.74. The molecular formula is C15H23NO3. The highest BCUT2D eigenvalue weighted by molar-refractivity contribution is 5.72. The third-order valence-corrected chi connectivity index (χ3v) is 3.06. The molecule has 19 heavy (non-hydrogen) atoms. The van der Waals surface area contributed by atoms with Crippen LogP contribution in [-0.4, -0.2) is 28.8 Å². The Kier molecular flexibility index (Phi) is 6.53. The summed E-state index contributed by atoms with van der Waals surface area (Å²) in [6.45, 7) is 3.58. The lowest BCUT2D eigenvalue weighted by Gasteiger charge is -2.18. The number of unbranched alkanes of at least 4 members (excludes halogenated alkanes) is 1. The van der Waals surface area contributed by atoms with Crippen LogP contribution in [0.3, 0.4) is 0 Å². The number of amides is 1. The molecule has 1 aromatic carbocycles. The second-order valence-corrected chi connectivity index (χ2v) is 4.79. The summed E-state index contributed by atoms with van der Waals surface area (Å²) in [5.41, 5.74) is 1.90. The van der Waals surface area contributed by atoms with Crippen LogP contribution in [0.2, 0.25) is 0 Å². The van der Waals surface area contributed by atoms with Gasteiger partial charge in [0, 0.05) is 13.5 Å². The van der Waals surface area contributed by atoms with Gasteiger partial charge in [-0.1, -0.05) is 37.6 Å². The molecule has 0 aliphatic rings. The van der Waals surface area contributed by atoms with Crippen LogP contribution in [0.25, 0.3) is 0 Å². The van der Waals surface area contributed by atoms with Crippen molar-refractivity contribution in [2.24, 2.45) is 0 Å². The second-order valence-electron chi connectivity index (χ2n) is 4.79. The van der Waals surface area contributed by atoms with E-state index in [0.717, 1.165) is 19.3 Å². The number of aliphatic hydroxyl groups excluding tert-OH is 2. The van der Waals surface area contributed by atoms with Crippen LogP contribution in [0.5, 0.6) is 0 Å². The van der Waals surface area contributed by atoms with Gasteiger partial charge in [-0.15, -0.1) is 0 Å². The van der Waals surface area contributed by atoms with Gasteiger partial charge in [0.15, 0.2) is 0 Å². The Labute approximate surface area is 114 Å². The molecule has 1 rings (SSSR count). The SMILES string of the molecule is CCCCc1ccc(C(O)C(O)CNC(C)=O)cc1. The Bertz CT molecular complexity index is 389.